The Balaban J connectivity index is 1.70. The molecule has 2 aliphatic rings. The summed E-state index contributed by atoms with van der Waals surface area (Å²) in [6.45, 7) is 4.08. The van der Waals surface area contributed by atoms with Crippen molar-refractivity contribution in [1.82, 2.24) is 14.4 Å². The highest BCUT2D eigenvalue weighted by atomic mass is 32.2. The zero-order chi connectivity index (χ0) is 17.8. The van der Waals surface area contributed by atoms with Gasteiger partial charge < -0.3 is 9.47 Å². The van der Waals surface area contributed by atoms with Crippen LogP contribution >= 0.6 is 11.8 Å². The molecule has 0 aromatic carbocycles. The largest absolute Gasteiger partial charge is 0.348 e. The maximum absolute atomic E-state index is 12.6. The summed E-state index contributed by atoms with van der Waals surface area (Å²) in [5.41, 5.74) is 0.881. The molecule has 3 amide bonds. The third-order valence-corrected chi connectivity index (χ3v) is 5.52. The smallest absolute Gasteiger partial charge is 0.294 e. The summed E-state index contributed by atoms with van der Waals surface area (Å²) in [6.07, 6.45) is 7.89. The molecular formula is C18H23N3O3S. The van der Waals surface area contributed by atoms with E-state index in [-0.39, 0.29) is 23.6 Å². The predicted octanol–water partition coefficient (Wildman–Crippen LogP) is 2.95. The summed E-state index contributed by atoms with van der Waals surface area (Å²) in [5.74, 6) is -0.510. The van der Waals surface area contributed by atoms with Gasteiger partial charge in [-0.25, -0.2) is 0 Å². The van der Waals surface area contributed by atoms with E-state index in [0.29, 0.717) is 4.91 Å². The zero-order valence-electron chi connectivity index (χ0n) is 14.4. The number of carbonyl (C=O) groups is 3. The Morgan fingerprint density at radius 3 is 2.60 bits per heavy atom. The zero-order valence-corrected chi connectivity index (χ0v) is 15.3. The van der Waals surface area contributed by atoms with Crippen molar-refractivity contribution in [1.29, 1.82) is 0 Å². The fourth-order valence-electron chi connectivity index (χ4n) is 3.17. The number of rotatable bonds is 4. The molecule has 0 spiro atoms. The number of aromatic nitrogens is 1. The fraction of sp³-hybridized carbons (Fsp3) is 0.500. The average molecular weight is 361 g/mol. The van der Waals surface area contributed by atoms with Crippen molar-refractivity contribution in [3.63, 3.8) is 0 Å². The van der Waals surface area contributed by atoms with Crippen LogP contribution in [0.5, 0.6) is 0 Å². The first-order valence-corrected chi connectivity index (χ1v) is 9.60. The minimum absolute atomic E-state index is 0.137. The summed E-state index contributed by atoms with van der Waals surface area (Å²) < 4.78 is 2.00. The van der Waals surface area contributed by atoms with Gasteiger partial charge in [-0.15, -0.1) is 0 Å². The van der Waals surface area contributed by atoms with Crippen molar-refractivity contribution >= 4 is 34.9 Å². The highest BCUT2D eigenvalue weighted by Crippen LogP contribution is 2.32. The molecule has 7 heteroatoms. The van der Waals surface area contributed by atoms with Crippen LogP contribution in [0.15, 0.2) is 23.2 Å². The molecule has 1 aromatic rings. The second-order valence-electron chi connectivity index (χ2n) is 6.28. The van der Waals surface area contributed by atoms with E-state index in [2.05, 4.69) is 0 Å². The number of thioether (sulfide) groups is 1. The van der Waals surface area contributed by atoms with E-state index in [1.54, 1.807) is 11.0 Å². The monoisotopic (exact) mass is 361 g/mol. The minimum atomic E-state index is -0.373. The summed E-state index contributed by atoms with van der Waals surface area (Å²) in [6, 6.07) is 3.81. The van der Waals surface area contributed by atoms with Gasteiger partial charge in [0, 0.05) is 31.5 Å². The van der Waals surface area contributed by atoms with Crippen molar-refractivity contribution in [2.24, 2.45) is 0 Å². The topological polar surface area (TPSA) is 62.6 Å². The van der Waals surface area contributed by atoms with Crippen LogP contribution in [0.25, 0.3) is 6.08 Å². The first-order valence-electron chi connectivity index (χ1n) is 8.78. The lowest BCUT2D eigenvalue weighted by Gasteiger charge is -2.22. The van der Waals surface area contributed by atoms with Gasteiger partial charge >= 0.3 is 0 Å². The third-order valence-electron chi connectivity index (χ3n) is 4.61. The summed E-state index contributed by atoms with van der Waals surface area (Å²) >= 11 is 0.906. The normalized spacial score (nSPS) is 20.4. The minimum Gasteiger partial charge on any atom is -0.348 e. The third kappa shape index (κ3) is 3.98. The number of carbonyl (C=O) groups excluding carboxylic acids is 3. The number of hydrogen-bond donors (Lipinski definition) is 0. The van der Waals surface area contributed by atoms with E-state index in [4.69, 9.17) is 0 Å². The van der Waals surface area contributed by atoms with Gasteiger partial charge in [-0.2, -0.15) is 0 Å². The van der Waals surface area contributed by atoms with E-state index in [9.17, 15) is 14.4 Å². The van der Waals surface area contributed by atoms with Crippen molar-refractivity contribution in [2.75, 3.05) is 19.6 Å². The maximum atomic E-state index is 12.6. The van der Waals surface area contributed by atoms with Gasteiger partial charge in [0.2, 0.25) is 5.91 Å². The van der Waals surface area contributed by atoms with Crippen LogP contribution in [-0.2, 0) is 16.1 Å². The van der Waals surface area contributed by atoms with Gasteiger partial charge in [0.1, 0.15) is 6.54 Å². The molecular weight excluding hydrogens is 338 g/mol. The molecule has 134 valence electrons. The van der Waals surface area contributed by atoms with Crippen LogP contribution in [0.4, 0.5) is 4.79 Å². The van der Waals surface area contributed by atoms with Crippen LogP contribution in [0.2, 0.25) is 0 Å². The second-order valence-corrected chi connectivity index (χ2v) is 7.28. The summed E-state index contributed by atoms with van der Waals surface area (Å²) in [5, 5.41) is -0.367. The molecule has 0 N–H and O–H groups in total. The molecule has 0 saturated carbocycles. The van der Waals surface area contributed by atoms with Gasteiger partial charge in [0.05, 0.1) is 4.91 Å². The van der Waals surface area contributed by atoms with Crippen molar-refractivity contribution in [2.45, 2.75) is 39.2 Å². The molecule has 3 rings (SSSR count). The highest BCUT2D eigenvalue weighted by molar-refractivity contribution is 8.18. The van der Waals surface area contributed by atoms with Crippen LogP contribution in [0, 0.1) is 0 Å². The van der Waals surface area contributed by atoms with Gasteiger partial charge in [0.25, 0.3) is 11.1 Å². The first-order chi connectivity index (χ1) is 12.1. The van der Waals surface area contributed by atoms with Crippen molar-refractivity contribution in [3.8, 4) is 0 Å². The predicted molar refractivity (Wildman–Crippen MR) is 97.8 cm³/mol. The van der Waals surface area contributed by atoms with Gasteiger partial charge in [-0.1, -0.05) is 12.8 Å². The van der Waals surface area contributed by atoms with Crippen molar-refractivity contribution < 1.29 is 14.4 Å². The second kappa shape index (κ2) is 7.91. The number of imide groups is 1. The molecule has 0 bridgehead atoms. The molecule has 1 aromatic heterocycles. The number of hydrogen-bond acceptors (Lipinski definition) is 4. The molecule has 25 heavy (non-hydrogen) atoms. The lowest BCUT2D eigenvalue weighted by Crippen LogP contribution is -2.42. The lowest BCUT2D eigenvalue weighted by molar-refractivity contribution is -0.135. The van der Waals surface area contributed by atoms with E-state index < -0.39 is 0 Å². The molecule has 6 nitrogen and oxygen atoms in total. The Labute approximate surface area is 151 Å². The van der Waals surface area contributed by atoms with Crippen LogP contribution in [0.3, 0.4) is 0 Å². The Morgan fingerprint density at radius 1 is 1.20 bits per heavy atom. The van der Waals surface area contributed by atoms with Crippen molar-refractivity contribution in [3.05, 3.63) is 28.9 Å². The average Bonchev–Trinajstić information content (AvgIpc) is 3.01. The quantitative estimate of drug-likeness (QED) is 0.774. The van der Waals surface area contributed by atoms with Gasteiger partial charge in [-0.3, -0.25) is 19.3 Å². The van der Waals surface area contributed by atoms with E-state index in [1.807, 2.05) is 29.8 Å². The SMILES string of the molecule is CCn1cccc1C=C1SC(=O)N(CC(=O)N2CCCCCC2)C1=O. The summed E-state index contributed by atoms with van der Waals surface area (Å²) in [7, 11) is 0. The van der Waals surface area contributed by atoms with Crippen LogP contribution in [-0.4, -0.2) is 51.1 Å². The van der Waals surface area contributed by atoms with Crippen LogP contribution in [0.1, 0.15) is 38.3 Å². The Hall–Kier alpha value is -2.02. The lowest BCUT2D eigenvalue weighted by atomic mass is 10.2. The molecule has 2 fully saturated rings. The molecule has 0 atom stereocenters. The molecule has 3 heterocycles. The summed E-state index contributed by atoms with van der Waals surface area (Å²) in [4.78, 5) is 40.5. The number of aryl methyl sites for hydroxylation is 1. The molecule has 2 saturated heterocycles. The molecule has 0 unspecified atom stereocenters. The molecule has 2 aliphatic heterocycles. The van der Waals surface area contributed by atoms with E-state index in [1.165, 1.54) is 0 Å². The standard InChI is InChI=1S/C18H23N3O3S/c1-2-19-11-7-8-14(19)12-15-17(23)21(18(24)25-15)13-16(22)20-9-5-3-4-6-10-20/h7-8,11-12H,2-6,9-10,13H2,1H3. The fourth-order valence-corrected chi connectivity index (χ4v) is 4.00. The highest BCUT2D eigenvalue weighted by Gasteiger charge is 2.37. The first kappa shape index (κ1) is 17.8. The van der Waals surface area contributed by atoms with Gasteiger partial charge in [-0.05, 0) is 49.7 Å². The van der Waals surface area contributed by atoms with Gasteiger partial charge in [0.15, 0.2) is 0 Å². The number of amides is 3. The molecule has 0 aliphatic carbocycles. The Morgan fingerprint density at radius 2 is 1.92 bits per heavy atom. The Bertz CT molecular complexity index is 702. The molecule has 0 radical (unpaired) electrons. The Kier molecular flexibility index (Phi) is 5.63. The van der Waals surface area contributed by atoms with E-state index >= 15 is 0 Å². The number of nitrogens with zero attached hydrogens (tertiary/aromatic N) is 3. The van der Waals surface area contributed by atoms with E-state index in [0.717, 1.165) is 67.7 Å². The maximum Gasteiger partial charge on any atom is 0.294 e. The van der Waals surface area contributed by atoms with Crippen LogP contribution < -0.4 is 0 Å². The number of likely N-dealkylation sites (tertiary alicyclic amines) is 1.